The van der Waals surface area contributed by atoms with Crippen molar-refractivity contribution < 1.29 is 19.4 Å². The number of methoxy groups -OCH3 is 1. The van der Waals surface area contributed by atoms with E-state index in [0.717, 1.165) is 0 Å². The first-order valence-electron chi connectivity index (χ1n) is 4.87. The summed E-state index contributed by atoms with van der Waals surface area (Å²) in [7, 11) is 1.30. The quantitative estimate of drug-likeness (QED) is 0.627. The van der Waals surface area contributed by atoms with E-state index in [4.69, 9.17) is 10.8 Å². The molecule has 3 N–H and O–H groups in total. The Kier molecular flexibility index (Phi) is 3.90. The maximum atomic E-state index is 11.1. The van der Waals surface area contributed by atoms with Crippen LogP contribution in [-0.2, 0) is 9.53 Å². The fraction of sp³-hybridized carbons (Fsp3) is 0.778. The van der Waals surface area contributed by atoms with E-state index < -0.39 is 18.1 Å². The van der Waals surface area contributed by atoms with Gasteiger partial charge in [0.15, 0.2) is 0 Å². The lowest BCUT2D eigenvalue weighted by Crippen LogP contribution is -2.46. The minimum atomic E-state index is -0.917. The number of likely N-dealkylation sites (tertiary alicyclic amines) is 1. The van der Waals surface area contributed by atoms with Gasteiger partial charge in [-0.3, -0.25) is 4.79 Å². The summed E-state index contributed by atoms with van der Waals surface area (Å²) in [5.41, 5.74) is 5.68. The molecule has 0 aromatic rings. The van der Waals surface area contributed by atoms with Gasteiger partial charge in [-0.1, -0.05) is 0 Å². The first-order valence-corrected chi connectivity index (χ1v) is 4.87. The third-order valence-corrected chi connectivity index (χ3v) is 2.79. The molecule has 15 heavy (non-hydrogen) atoms. The van der Waals surface area contributed by atoms with Gasteiger partial charge < -0.3 is 20.5 Å². The van der Waals surface area contributed by atoms with Crippen molar-refractivity contribution in [2.75, 3.05) is 20.2 Å². The van der Waals surface area contributed by atoms with Gasteiger partial charge in [0.1, 0.15) is 6.04 Å². The van der Waals surface area contributed by atoms with E-state index in [9.17, 15) is 9.59 Å². The summed E-state index contributed by atoms with van der Waals surface area (Å²) in [5.74, 6) is -0.406. The first-order chi connectivity index (χ1) is 7.06. The SMILES string of the molecule is COC(=O)C(N)C1CCN(C(=O)O)CC1. The molecular weight excluding hydrogens is 200 g/mol. The van der Waals surface area contributed by atoms with Crippen molar-refractivity contribution >= 4 is 12.1 Å². The third kappa shape index (κ3) is 2.82. The zero-order chi connectivity index (χ0) is 11.4. The summed E-state index contributed by atoms with van der Waals surface area (Å²) in [6.07, 6.45) is 0.311. The van der Waals surface area contributed by atoms with Crippen molar-refractivity contribution in [1.82, 2.24) is 4.90 Å². The van der Waals surface area contributed by atoms with Crippen LogP contribution in [0.15, 0.2) is 0 Å². The summed E-state index contributed by atoms with van der Waals surface area (Å²) in [6, 6.07) is -0.633. The van der Waals surface area contributed by atoms with Crippen LogP contribution in [0.25, 0.3) is 0 Å². The van der Waals surface area contributed by atoms with Crippen LogP contribution in [-0.4, -0.2) is 48.3 Å². The highest BCUT2D eigenvalue weighted by Gasteiger charge is 2.30. The summed E-state index contributed by atoms with van der Waals surface area (Å²) in [6.45, 7) is 0.870. The molecule has 1 saturated heterocycles. The summed E-state index contributed by atoms with van der Waals surface area (Å²) >= 11 is 0. The number of nitrogens with zero attached hydrogens (tertiary/aromatic N) is 1. The number of piperidine rings is 1. The summed E-state index contributed by atoms with van der Waals surface area (Å²) < 4.78 is 4.55. The molecule has 0 spiro atoms. The number of carbonyl (C=O) groups is 2. The second-order valence-corrected chi connectivity index (χ2v) is 3.66. The largest absolute Gasteiger partial charge is 0.468 e. The topological polar surface area (TPSA) is 92.9 Å². The molecule has 1 atom stereocenters. The van der Waals surface area contributed by atoms with E-state index in [1.54, 1.807) is 0 Å². The van der Waals surface area contributed by atoms with E-state index >= 15 is 0 Å². The van der Waals surface area contributed by atoms with Gasteiger partial charge in [0.25, 0.3) is 0 Å². The van der Waals surface area contributed by atoms with Crippen LogP contribution in [0.5, 0.6) is 0 Å². The van der Waals surface area contributed by atoms with Crippen LogP contribution in [0.2, 0.25) is 0 Å². The smallest absolute Gasteiger partial charge is 0.407 e. The third-order valence-electron chi connectivity index (χ3n) is 2.79. The van der Waals surface area contributed by atoms with Gasteiger partial charge in [-0.2, -0.15) is 0 Å². The number of amides is 1. The molecular formula is C9H16N2O4. The molecule has 1 amide bonds. The Morgan fingerprint density at radius 3 is 2.40 bits per heavy atom. The number of hydrogen-bond acceptors (Lipinski definition) is 4. The monoisotopic (exact) mass is 216 g/mol. The van der Waals surface area contributed by atoms with Crippen molar-refractivity contribution in [3.05, 3.63) is 0 Å². The maximum Gasteiger partial charge on any atom is 0.407 e. The Bertz CT molecular complexity index is 248. The number of carbonyl (C=O) groups excluding carboxylic acids is 1. The van der Waals surface area contributed by atoms with Crippen LogP contribution < -0.4 is 5.73 Å². The number of hydrogen-bond donors (Lipinski definition) is 2. The molecule has 86 valence electrons. The van der Waals surface area contributed by atoms with E-state index in [1.165, 1.54) is 12.0 Å². The van der Waals surface area contributed by atoms with Crippen molar-refractivity contribution in [3.63, 3.8) is 0 Å². The number of rotatable bonds is 2. The highest BCUT2D eigenvalue weighted by Crippen LogP contribution is 2.20. The molecule has 1 fully saturated rings. The average Bonchev–Trinajstić information content (AvgIpc) is 2.27. The lowest BCUT2D eigenvalue weighted by atomic mass is 9.90. The Balaban J connectivity index is 2.43. The molecule has 1 aliphatic rings. The van der Waals surface area contributed by atoms with Crippen LogP contribution >= 0.6 is 0 Å². The molecule has 0 aliphatic carbocycles. The number of nitrogens with two attached hydrogens (primary N) is 1. The van der Waals surface area contributed by atoms with Gasteiger partial charge >= 0.3 is 12.1 Å². The molecule has 1 rings (SSSR count). The normalized spacial score (nSPS) is 19.7. The standard InChI is InChI=1S/C9H16N2O4/c1-15-8(12)7(10)6-2-4-11(5-3-6)9(13)14/h6-7H,2-5,10H2,1H3,(H,13,14). The second-order valence-electron chi connectivity index (χ2n) is 3.66. The molecule has 0 bridgehead atoms. The average molecular weight is 216 g/mol. The lowest BCUT2D eigenvalue weighted by Gasteiger charge is -2.31. The Morgan fingerprint density at radius 2 is 2.00 bits per heavy atom. The molecule has 0 radical (unpaired) electrons. The van der Waals surface area contributed by atoms with Crippen LogP contribution in [0.1, 0.15) is 12.8 Å². The van der Waals surface area contributed by atoms with Gasteiger partial charge in [0, 0.05) is 13.1 Å². The predicted octanol–water partition coefficient (Wildman–Crippen LogP) is -0.123. The molecule has 1 unspecified atom stereocenters. The van der Waals surface area contributed by atoms with E-state index in [2.05, 4.69) is 4.74 Å². The second kappa shape index (κ2) is 4.97. The minimum Gasteiger partial charge on any atom is -0.468 e. The number of esters is 1. The highest BCUT2D eigenvalue weighted by molar-refractivity contribution is 5.75. The van der Waals surface area contributed by atoms with Gasteiger partial charge in [0.2, 0.25) is 0 Å². The zero-order valence-electron chi connectivity index (χ0n) is 8.68. The first kappa shape index (κ1) is 11.8. The van der Waals surface area contributed by atoms with Gasteiger partial charge in [-0.05, 0) is 18.8 Å². The fourth-order valence-corrected chi connectivity index (χ4v) is 1.78. The zero-order valence-corrected chi connectivity index (χ0v) is 8.68. The van der Waals surface area contributed by atoms with Crippen molar-refractivity contribution in [1.29, 1.82) is 0 Å². The molecule has 0 saturated carbocycles. The molecule has 1 heterocycles. The van der Waals surface area contributed by atoms with Gasteiger partial charge in [-0.15, -0.1) is 0 Å². The van der Waals surface area contributed by atoms with Crippen molar-refractivity contribution in [3.8, 4) is 0 Å². The summed E-state index contributed by atoms with van der Waals surface area (Å²) in [5, 5.41) is 8.72. The molecule has 0 aromatic heterocycles. The van der Waals surface area contributed by atoms with Crippen LogP contribution in [0, 0.1) is 5.92 Å². The number of carboxylic acid groups (broad SMARTS) is 1. The Labute approximate surface area is 88.0 Å². The van der Waals surface area contributed by atoms with E-state index in [1.807, 2.05) is 0 Å². The Morgan fingerprint density at radius 1 is 1.47 bits per heavy atom. The maximum absolute atomic E-state index is 11.1. The highest BCUT2D eigenvalue weighted by atomic mass is 16.5. The molecule has 1 aliphatic heterocycles. The van der Waals surface area contributed by atoms with Gasteiger partial charge in [-0.25, -0.2) is 4.79 Å². The van der Waals surface area contributed by atoms with Crippen molar-refractivity contribution in [2.45, 2.75) is 18.9 Å². The van der Waals surface area contributed by atoms with E-state index in [-0.39, 0.29) is 5.92 Å². The van der Waals surface area contributed by atoms with Crippen molar-refractivity contribution in [2.24, 2.45) is 11.7 Å². The molecule has 6 heteroatoms. The molecule has 6 nitrogen and oxygen atoms in total. The van der Waals surface area contributed by atoms with Crippen LogP contribution in [0.3, 0.4) is 0 Å². The lowest BCUT2D eigenvalue weighted by molar-refractivity contribution is -0.143. The fourth-order valence-electron chi connectivity index (χ4n) is 1.78. The van der Waals surface area contributed by atoms with E-state index in [0.29, 0.717) is 25.9 Å². The number of ether oxygens (including phenoxy) is 1. The van der Waals surface area contributed by atoms with Crippen LogP contribution in [0.4, 0.5) is 4.79 Å². The van der Waals surface area contributed by atoms with Gasteiger partial charge in [0.05, 0.1) is 7.11 Å². The predicted molar refractivity (Wildman–Crippen MR) is 52.3 cm³/mol. The Hall–Kier alpha value is -1.30. The minimum absolute atomic E-state index is 0.0213. The molecule has 0 aromatic carbocycles. The summed E-state index contributed by atoms with van der Waals surface area (Å²) in [4.78, 5) is 23.1.